The van der Waals surface area contributed by atoms with E-state index in [9.17, 15) is 0 Å². The average Bonchev–Trinajstić information content (AvgIpc) is 1.88. The number of allylic oxidation sites excluding steroid dienone is 2. The van der Waals surface area contributed by atoms with Crippen LogP contribution in [0, 0.1) is 5.41 Å². The molecule has 0 saturated carbocycles. The fraction of sp³-hybridized carbons (Fsp3) is 0.167. The molecule has 4 heteroatoms. The highest BCUT2D eigenvalue weighted by Crippen LogP contribution is 2.04. The molecule has 0 spiro atoms. The molecule has 0 unspecified atom stereocenters. The Labute approximate surface area is 65.0 Å². The van der Waals surface area contributed by atoms with Crippen molar-refractivity contribution >= 4 is 18.5 Å². The van der Waals surface area contributed by atoms with Crippen LogP contribution in [0.5, 0.6) is 0 Å². The SMILES string of the molecule is N=C1C=CC=C(N)[C@H]1NS. The maximum Gasteiger partial charge on any atom is 0.0976 e. The molecule has 10 heavy (non-hydrogen) atoms. The van der Waals surface area contributed by atoms with E-state index in [0.29, 0.717) is 11.4 Å². The van der Waals surface area contributed by atoms with Gasteiger partial charge >= 0.3 is 0 Å². The van der Waals surface area contributed by atoms with Crippen LogP contribution in [-0.4, -0.2) is 11.8 Å². The third-order valence-corrected chi connectivity index (χ3v) is 1.60. The van der Waals surface area contributed by atoms with Crippen molar-refractivity contribution in [1.82, 2.24) is 4.72 Å². The molecular formula is C6H9N3S. The van der Waals surface area contributed by atoms with E-state index in [1.54, 1.807) is 18.2 Å². The van der Waals surface area contributed by atoms with Gasteiger partial charge < -0.3 is 11.1 Å². The second-order valence-electron chi connectivity index (χ2n) is 2.04. The Hall–Kier alpha value is -0.740. The number of rotatable bonds is 1. The molecule has 0 amide bonds. The summed E-state index contributed by atoms with van der Waals surface area (Å²) in [4.78, 5) is 0. The first-order valence-corrected chi connectivity index (χ1v) is 3.32. The van der Waals surface area contributed by atoms with Gasteiger partial charge in [0.25, 0.3) is 0 Å². The maximum atomic E-state index is 7.36. The zero-order valence-electron chi connectivity index (χ0n) is 5.33. The van der Waals surface area contributed by atoms with Gasteiger partial charge in [-0.2, -0.15) is 0 Å². The Kier molecular flexibility index (Phi) is 2.13. The van der Waals surface area contributed by atoms with Crippen LogP contribution in [0.25, 0.3) is 0 Å². The summed E-state index contributed by atoms with van der Waals surface area (Å²) in [5.74, 6) is 0. The molecule has 0 aromatic carbocycles. The van der Waals surface area contributed by atoms with Gasteiger partial charge in [0.2, 0.25) is 0 Å². The largest absolute Gasteiger partial charge is 0.400 e. The van der Waals surface area contributed by atoms with Crippen LogP contribution in [0.3, 0.4) is 0 Å². The second kappa shape index (κ2) is 2.90. The van der Waals surface area contributed by atoms with Gasteiger partial charge in [-0.15, -0.1) is 0 Å². The predicted octanol–water partition coefficient (Wildman–Crippen LogP) is 0.222. The van der Waals surface area contributed by atoms with Crippen LogP contribution in [-0.2, 0) is 0 Å². The van der Waals surface area contributed by atoms with Crippen molar-refractivity contribution in [3.05, 3.63) is 23.9 Å². The fourth-order valence-corrected chi connectivity index (χ4v) is 1.07. The van der Waals surface area contributed by atoms with Crippen LogP contribution >= 0.6 is 12.8 Å². The number of hydrogen-bond acceptors (Lipinski definition) is 4. The molecule has 0 radical (unpaired) electrons. The van der Waals surface area contributed by atoms with Crippen molar-refractivity contribution in [3.8, 4) is 0 Å². The second-order valence-corrected chi connectivity index (χ2v) is 2.30. The molecule has 0 heterocycles. The highest BCUT2D eigenvalue weighted by Gasteiger charge is 2.14. The molecule has 0 saturated heterocycles. The van der Waals surface area contributed by atoms with E-state index in [-0.39, 0.29) is 6.04 Å². The Bertz CT molecular complexity index is 207. The van der Waals surface area contributed by atoms with Crippen molar-refractivity contribution < 1.29 is 0 Å². The Morgan fingerprint density at radius 3 is 2.80 bits per heavy atom. The van der Waals surface area contributed by atoms with E-state index in [1.807, 2.05) is 0 Å². The van der Waals surface area contributed by atoms with E-state index in [0.717, 1.165) is 0 Å². The van der Waals surface area contributed by atoms with Crippen LogP contribution in [0.4, 0.5) is 0 Å². The lowest BCUT2D eigenvalue weighted by atomic mass is 10.0. The fourth-order valence-electron chi connectivity index (χ4n) is 0.779. The maximum absolute atomic E-state index is 7.36. The Morgan fingerprint density at radius 1 is 1.70 bits per heavy atom. The number of thiol groups is 1. The van der Waals surface area contributed by atoms with Crippen LogP contribution < -0.4 is 10.5 Å². The van der Waals surface area contributed by atoms with Gasteiger partial charge in [0.15, 0.2) is 0 Å². The molecular weight excluding hydrogens is 146 g/mol. The number of nitrogens with two attached hydrogens (primary N) is 1. The first kappa shape index (κ1) is 7.37. The smallest absolute Gasteiger partial charge is 0.0976 e. The average molecular weight is 155 g/mol. The third kappa shape index (κ3) is 1.22. The van der Waals surface area contributed by atoms with Gasteiger partial charge in [-0.1, -0.05) is 18.9 Å². The molecule has 1 atom stereocenters. The lowest BCUT2D eigenvalue weighted by Gasteiger charge is -2.16. The monoisotopic (exact) mass is 155 g/mol. The minimum Gasteiger partial charge on any atom is -0.400 e. The number of nitrogens with one attached hydrogen (secondary N) is 2. The quantitative estimate of drug-likeness (QED) is 0.409. The summed E-state index contributed by atoms with van der Waals surface area (Å²) in [7, 11) is 0. The first-order chi connectivity index (χ1) is 4.75. The van der Waals surface area contributed by atoms with E-state index in [4.69, 9.17) is 11.1 Å². The minimum atomic E-state index is -0.228. The summed E-state index contributed by atoms with van der Waals surface area (Å²) in [5.41, 5.74) is 6.60. The van der Waals surface area contributed by atoms with E-state index >= 15 is 0 Å². The summed E-state index contributed by atoms with van der Waals surface area (Å²) >= 11 is 3.84. The normalized spacial score (nSPS) is 24.7. The molecule has 0 fully saturated rings. The first-order valence-electron chi connectivity index (χ1n) is 2.87. The van der Waals surface area contributed by atoms with Gasteiger partial charge in [0.1, 0.15) is 0 Å². The summed E-state index contributed by atoms with van der Waals surface area (Å²) in [6.45, 7) is 0. The minimum absolute atomic E-state index is 0.228. The molecule has 3 nitrogen and oxygen atoms in total. The topological polar surface area (TPSA) is 61.9 Å². The molecule has 0 aromatic heterocycles. The van der Waals surface area contributed by atoms with E-state index in [2.05, 4.69) is 17.5 Å². The summed E-state index contributed by atoms with van der Waals surface area (Å²) in [5, 5.41) is 7.36. The molecule has 1 aliphatic carbocycles. The summed E-state index contributed by atoms with van der Waals surface area (Å²) in [6, 6.07) is -0.228. The molecule has 0 aliphatic heterocycles. The van der Waals surface area contributed by atoms with Crippen LogP contribution in [0.1, 0.15) is 0 Å². The van der Waals surface area contributed by atoms with Gasteiger partial charge in [0, 0.05) is 5.70 Å². The lowest BCUT2D eigenvalue weighted by Crippen LogP contribution is -2.36. The highest BCUT2D eigenvalue weighted by molar-refractivity contribution is 7.78. The van der Waals surface area contributed by atoms with Crippen molar-refractivity contribution in [2.24, 2.45) is 5.73 Å². The summed E-state index contributed by atoms with van der Waals surface area (Å²) < 4.78 is 2.63. The molecule has 54 valence electrons. The van der Waals surface area contributed by atoms with Gasteiger partial charge in [-0.05, 0) is 12.2 Å². The lowest BCUT2D eigenvalue weighted by molar-refractivity contribution is 0.901. The van der Waals surface area contributed by atoms with Gasteiger partial charge in [0.05, 0.1) is 11.8 Å². The van der Waals surface area contributed by atoms with Crippen LogP contribution in [0.15, 0.2) is 23.9 Å². The Morgan fingerprint density at radius 2 is 2.40 bits per heavy atom. The van der Waals surface area contributed by atoms with Crippen molar-refractivity contribution in [3.63, 3.8) is 0 Å². The van der Waals surface area contributed by atoms with Crippen molar-refractivity contribution in [2.75, 3.05) is 0 Å². The molecule has 1 rings (SSSR count). The van der Waals surface area contributed by atoms with E-state index in [1.165, 1.54) is 0 Å². The zero-order chi connectivity index (χ0) is 7.56. The van der Waals surface area contributed by atoms with Crippen molar-refractivity contribution in [1.29, 1.82) is 5.41 Å². The van der Waals surface area contributed by atoms with Crippen LogP contribution in [0.2, 0.25) is 0 Å². The van der Waals surface area contributed by atoms with Gasteiger partial charge in [-0.25, -0.2) is 0 Å². The van der Waals surface area contributed by atoms with Crippen molar-refractivity contribution in [2.45, 2.75) is 6.04 Å². The van der Waals surface area contributed by atoms with Gasteiger partial charge in [-0.3, -0.25) is 4.72 Å². The zero-order valence-corrected chi connectivity index (χ0v) is 6.23. The Balaban J connectivity index is 2.81. The van der Waals surface area contributed by atoms with E-state index < -0.39 is 0 Å². The third-order valence-electron chi connectivity index (χ3n) is 1.34. The summed E-state index contributed by atoms with van der Waals surface area (Å²) in [6.07, 6.45) is 5.19. The highest BCUT2D eigenvalue weighted by atomic mass is 32.1. The predicted molar refractivity (Wildman–Crippen MR) is 45.0 cm³/mol. The number of hydrogen-bond donors (Lipinski definition) is 4. The molecule has 1 aliphatic rings. The molecule has 4 N–H and O–H groups in total. The molecule has 0 bridgehead atoms. The standard InChI is InChI=1S/C6H9N3S/c7-4-2-1-3-5(8)6(4)9-10/h1-3,6-7,9-10H,8H2/t6-/m0/s1. The molecule has 0 aromatic rings.